The number of primary amides is 1. The minimum Gasteiger partial charge on any atom is -0.445 e. The molecule has 12 nitrogen and oxygen atoms in total. The van der Waals surface area contributed by atoms with Gasteiger partial charge in [-0.2, -0.15) is 0 Å². The smallest absolute Gasteiger partial charge is 0.410 e. The van der Waals surface area contributed by atoms with Crippen molar-refractivity contribution in [2.24, 2.45) is 28.9 Å². The normalized spacial score (nSPS) is 13.3. The van der Waals surface area contributed by atoms with Crippen molar-refractivity contribution in [3.05, 3.63) is 29.8 Å². The summed E-state index contributed by atoms with van der Waals surface area (Å²) < 4.78 is 5.45. The maximum atomic E-state index is 13.5. The first-order valence-electron chi connectivity index (χ1n) is 18.0. The van der Waals surface area contributed by atoms with E-state index in [-0.39, 0.29) is 60.2 Å². The molecule has 2 unspecified atom stereocenters. The van der Waals surface area contributed by atoms with Crippen LogP contribution in [0.3, 0.4) is 0 Å². The molecule has 0 aliphatic carbocycles. The summed E-state index contributed by atoms with van der Waals surface area (Å²) in [6.07, 6.45) is 4.51. The van der Waals surface area contributed by atoms with Crippen LogP contribution in [0.15, 0.2) is 24.3 Å². The van der Waals surface area contributed by atoms with Gasteiger partial charge in [0.25, 0.3) is 0 Å². The minimum atomic E-state index is -0.729. The van der Waals surface area contributed by atoms with Crippen LogP contribution in [-0.2, 0) is 30.5 Å². The van der Waals surface area contributed by atoms with E-state index in [0.717, 1.165) is 25.7 Å². The summed E-state index contributed by atoms with van der Waals surface area (Å²) in [4.78, 5) is 77.3. The Labute approximate surface area is 299 Å². The van der Waals surface area contributed by atoms with Gasteiger partial charge in [-0.1, -0.05) is 80.4 Å². The zero-order valence-electron chi connectivity index (χ0n) is 31.9. The molecule has 0 saturated carbocycles. The van der Waals surface area contributed by atoms with Crippen LogP contribution in [0.4, 0.5) is 15.3 Å². The zero-order valence-corrected chi connectivity index (χ0v) is 31.9. The molecular weight excluding hydrogens is 638 g/mol. The zero-order chi connectivity index (χ0) is 38.0. The van der Waals surface area contributed by atoms with Crippen LogP contribution in [0.2, 0.25) is 0 Å². The lowest BCUT2D eigenvalue weighted by Gasteiger charge is -2.29. The number of hydrogen-bond acceptors (Lipinski definition) is 7. The molecule has 0 aromatic heterocycles. The topological polar surface area (TPSA) is 177 Å². The van der Waals surface area contributed by atoms with Crippen LogP contribution >= 0.6 is 0 Å². The Hall–Kier alpha value is -3.96. The van der Waals surface area contributed by atoms with Crippen LogP contribution in [0.1, 0.15) is 119 Å². The van der Waals surface area contributed by atoms with Gasteiger partial charge in [-0.15, -0.1) is 0 Å². The predicted molar refractivity (Wildman–Crippen MR) is 196 cm³/mol. The Morgan fingerprint density at radius 1 is 0.880 bits per heavy atom. The van der Waals surface area contributed by atoms with Gasteiger partial charge < -0.3 is 31.3 Å². The minimum absolute atomic E-state index is 0.0221. The summed E-state index contributed by atoms with van der Waals surface area (Å²) in [6, 6.07) is 4.80. The maximum Gasteiger partial charge on any atom is 0.410 e. The number of likely N-dealkylation sites (N-methyl/N-ethyl adjacent to an activating group) is 1. The second kappa shape index (κ2) is 22.0. The number of unbranched alkanes of at least 4 members (excludes halogenated alkanes) is 2. The fourth-order valence-electron chi connectivity index (χ4n) is 5.77. The van der Waals surface area contributed by atoms with E-state index in [1.54, 1.807) is 38.2 Å². The molecule has 1 aromatic carbocycles. The number of ketones is 2. The van der Waals surface area contributed by atoms with Crippen molar-refractivity contribution >= 4 is 41.2 Å². The molecule has 0 aliphatic heterocycles. The number of anilines is 1. The number of carbonyl (C=O) groups is 6. The quantitative estimate of drug-likeness (QED) is 0.102. The first-order chi connectivity index (χ1) is 23.4. The Morgan fingerprint density at radius 2 is 1.52 bits per heavy atom. The largest absolute Gasteiger partial charge is 0.445 e. The standard InChI is InChI=1S/C38H63N5O7/c1-10-30(44)34(26(4)5)43(9)37(49)50-24-27-17-19-29(20-18-27)41-35(47)28(15-14-22-40-36(39)48)23-31(45)33(25(2)3)42-32(46)16-12-11-13-21-38(6,7)8/h17-20,25-26,28,33-34H,10-16,21-24H2,1-9H3,(H,41,47)(H,42,46)(H3,39,40,48)/t28-,33?,34?/m0/s1. The molecule has 0 saturated heterocycles. The number of amides is 5. The highest BCUT2D eigenvalue weighted by Crippen LogP contribution is 2.23. The van der Waals surface area contributed by atoms with E-state index in [9.17, 15) is 28.8 Å². The number of urea groups is 1. The highest BCUT2D eigenvalue weighted by atomic mass is 16.6. The van der Waals surface area contributed by atoms with Gasteiger partial charge in [-0.05, 0) is 60.6 Å². The molecule has 5 amide bonds. The van der Waals surface area contributed by atoms with Crippen molar-refractivity contribution < 1.29 is 33.5 Å². The SMILES string of the molecule is CCC(=O)C(C(C)C)N(C)C(=O)OCc1ccc(NC(=O)[C@@H](CCCNC(N)=O)CC(=O)C(NC(=O)CCCCCC(C)(C)C)C(C)C)cc1. The Kier molecular flexibility index (Phi) is 19.4. The molecule has 0 spiro atoms. The van der Waals surface area contributed by atoms with Gasteiger partial charge in [0.15, 0.2) is 11.6 Å². The number of benzene rings is 1. The average molecular weight is 702 g/mol. The molecule has 1 rings (SSSR count). The molecular formula is C38H63N5O7. The van der Waals surface area contributed by atoms with E-state index < -0.39 is 30.1 Å². The van der Waals surface area contributed by atoms with Crippen LogP contribution in [0.5, 0.6) is 0 Å². The van der Waals surface area contributed by atoms with E-state index in [4.69, 9.17) is 10.5 Å². The molecule has 3 atom stereocenters. The van der Waals surface area contributed by atoms with Crippen LogP contribution in [0.25, 0.3) is 0 Å². The van der Waals surface area contributed by atoms with Crippen LogP contribution in [0, 0.1) is 23.2 Å². The van der Waals surface area contributed by atoms with Crippen molar-refractivity contribution in [1.82, 2.24) is 15.5 Å². The van der Waals surface area contributed by atoms with Gasteiger partial charge in [0.05, 0.1) is 12.1 Å². The fourth-order valence-corrected chi connectivity index (χ4v) is 5.77. The Morgan fingerprint density at radius 3 is 2.06 bits per heavy atom. The maximum absolute atomic E-state index is 13.5. The first-order valence-corrected chi connectivity index (χ1v) is 18.0. The van der Waals surface area contributed by atoms with E-state index in [1.165, 1.54) is 4.90 Å². The van der Waals surface area contributed by atoms with Crippen molar-refractivity contribution in [1.29, 1.82) is 0 Å². The number of nitrogens with one attached hydrogen (secondary N) is 3. The molecule has 282 valence electrons. The van der Waals surface area contributed by atoms with E-state index in [1.807, 2.05) is 27.7 Å². The van der Waals surface area contributed by atoms with E-state index in [0.29, 0.717) is 36.9 Å². The molecule has 1 aromatic rings. The number of rotatable bonds is 22. The van der Waals surface area contributed by atoms with Gasteiger partial charge in [-0.25, -0.2) is 9.59 Å². The molecule has 0 heterocycles. The summed E-state index contributed by atoms with van der Waals surface area (Å²) >= 11 is 0. The van der Waals surface area contributed by atoms with Crippen LogP contribution in [-0.4, -0.2) is 66.1 Å². The third-order valence-electron chi connectivity index (χ3n) is 8.61. The number of hydrogen-bond donors (Lipinski definition) is 4. The monoisotopic (exact) mass is 701 g/mol. The Bertz CT molecular complexity index is 1260. The molecule has 12 heteroatoms. The third kappa shape index (κ3) is 17.1. The summed E-state index contributed by atoms with van der Waals surface area (Å²) in [6.45, 7) is 16.1. The number of ether oxygens (including phenoxy) is 1. The van der Waals surface area contributed by atoms with Gasteiger partial charge in [0.1, 0.15) is 6.61 Å². The fraction of sp³-hybridized carbons (Fsp3) is 0.684. The lowest BCUT2D eigenvalue weighted by Crippen LogP contribution is -2.45. The van der Waals surface area contributed by atoms with Crippen molar-refractivity contribution in [3.63, 3.8) is 0 Å². The van der Waals surface area contributed by atoms with Crippen molar-refractivity contribution in [2.45, 2.75) is 132 Å². The van der Waals surface area contributed by atoms with Crippen LogP contribution < -0.4 is 21.7 Å². The summed E-state index contributed by atoms with van der Waals surface area (Å²) in [5.74, 6) is -1.76. The summed E-state index contributed by atoms with van der Waals surface area (Å²) in [7, 11) is 1.55. The molecule has 50 heavy (non-hydrogen) atoms. The third-order valence-corrected chi connectivity index (χ3v) is 8.61. The average Bonchev–Trinajstić information content (AvgIpc) is 3.03. The number of nitrogens with zero attached hydrogens (tertiary/aromatic N) is 1. The second-order valence-electron chi connectivity index (χ2n) is 15.1. The van der Waals surface area contributed by atoms with E-state index in [2.05, 4.69) is 36.7 Å². The number of nitrogens with two attached hydrogens (primary N) is 1. The highest BCUT2D eigenvalue weighted by Gasteiger charge is 2.31. The van der Waals surface area contributed by atoms with Gasteiger partial charge >= 0.3 is 12.1 Å². The lowest BCUT2D eigenvalue weighted by molar-refractivity contribution is -0.131. The second-order valence-corrected chi connectivity index (χ2v) is 15.1. The molecule has 0 bridgehead atoms. The van der Waals surface area contributed by atoms with Gasteiger partial charge in [0.2, 0.25) is 11.8 Å². The van der Waals surface area contributed by atoms with Crippen molar-refractivity contribution in [2.75, 3.05) is 18.9 Å². The van der Waals surface area contributed by atoms with Crippen molar-refractivity contribution in [3.8, 4) is 0 Å². The van der Waals surface area contributed by atoms with Gasteiger partial charge in [0, 0.05) is 44.5 Å². The molecule has 0 fully saturated rings. The first kappa shape index (κ1) is 44.1. The Balaban J connectivity index is 2.89. The van der Waals surface area contributed by atoms with E-state index >= 15 is 0 Å². The summed E-state index contributed by atoms with van der Waals surface area (Å²) in [5.41, 5.74) is 6.61. The highest BCUT2D eigenvalue weighted by molar-refractivity contribution is 5.97. The molecule has 0 radical (unpaired) electrons. The summed E-state index contributed by atoms with van der Waals surface area (Å²) in [5, 5.41) is 8.28. The lowest BCUT2D eigenvalue weighted by atomic mass is 9.89. The number of Topliss-reactive ketones (excluding diaryl/α,β-unsaturated/α-hetero) is 2. The number of carbonyl (C=O) groups excluding carboxylic acids is 6. The predicted octanol–water partition coefficient (Wildman–Crippen LogP) is 6.36. The van der Waals surface area contributed by atoms with Gasteiger partial charge in [-0.3, -0.25) is 19.2 Å². The molecule has 0 aliphatic rings. The molecule has 5 N–H and O–H groups in total.